The molecule has 1 saturated carbocycles. The summed E-state index contributed by atoms with van der Waals surface area (Å²) < 4.78 is 0. The van der Waals surface area contributed by atoms with E-state index in [0.29, 0.717) is 6.04 Å². The van der Waals surface area contributed by atoms with E-state index in [2.05, 4.69) is 37.6 Å². The fraction of sp³-hybridized carbons (Fsp3) is 0.833. The average molecular weight is 213 g/mol. The quantitative estimate of drug-likeness (QED) is 0.680. The van der Waals surface area contributed by atoms with Crippen molar-refractivity contribution >= 4 is 11.8 Å². The highest BCUT2D eigenvalue weighted by Crippen LogP contribution is 2.30. The lowest BCUT2D eigenvalue weighted by Crippen LogP contribution is -2.28. The van der Waals surface area contributed by atoms with Crippen LogP contribution in [0.5, 0.6) is 0 Å². The maximum atomic E-state index is 3.97. The van der Waals surface area contributed by atoms with Gasteiger partial charge in [-0.1, -0.05) is 18.4 Å². The summed E-state index contributed by atoms with van der Waals surface area (Å²) in [5.74, 6) is 1.24. The molecule has 1 nitrogen and oxygen atoms in total. The summed E-state index contributed by atoms with van der Waals surface area (Å²) in [4.78, 5) is 0. The first-order valence-electron chi connectivity index (χ1n) is 5.65. The second kappa shape index (κ2) is 6.52. The first kappa shape index (κ1) is 12.1. The zero-order chi connectivity index (χ0) is 10.4. The van der Waals surface area contributed by atoms with Crippen molar-refractivity contribution in [1.82, 2.24) is 5.32 Å². The van der Waals surface area contributed by atoms with Crippen molar-refractivity contribution < 1.29 is 0 Å². The fourth-order valence-electron chi connectivity index (χ4n) is 1.97. The summed E-state index contributed by atoms with van der Waals surface area (Å²) in [6, 6.07) is 0.623. The lowest BCUT2D eigenvalue weighted by molar-refractivity contribution is 0.613. The fourth-order valence-corrected chi connectivity index (χ4v) is 3.43. The second-order valence-electron chi connectivity index (χ2n) is 4.39. The number of thioether (sulfide) groups is 1. The van der Waals surface area contributed by atoms with Crippen LogP contribution < -0.4 is 5.32 Å². The molecule has 0 aliphatic heterocycles. The first-order chi connectivity index (χ1) is 6.72. The van der Waals surface area contributed by atoms with E-state index >= 15 is 0 Å². The lowest BCUT2D eigenvalue weighted by atomic mass is 10.1. The van der Waals surface area contributed by atoms with Crippen LogP contribution in [0, 0.1) is 0 Å². The normalized spacial score (nSPS) is 19.9. The van der Waals surface area contributed by atoms with E-state index in [1.165, 1.54) is 37.0 Å². The Kier molecular flexibility index (Phi) is 5.64. The van der Waals surface area contributed by atoms with E-state index in [9.17, 15) is 0 Å². The summed E-state index contributed by atoms with van der Waals surface area (Å²) in [6.45, 7) is 6.09. The van der Waals surface area contributed by atoms with E-state index in [-0.39, 0.29) is 0 Å². The van der Waals surface area contributed by atoms with Crippen LogP contribution >= 0.6 is 11.8 Å². The molecule has 1 atom stereocenters. The molecule has 0 bridgehead atoms. The van der Waals surface area contributed by atoms with E-state index in [1.807, 2.05) is 0 Å². The third kappa shape index (κ3) is 4.52. The van der Waals surface area contributed by atoms with Gasteiger partial charge in [-0.25, -0.2) is 0 Å². The van der Waals surface area contributed by atoms with Gasteiger partial charge in [0, 0.05) is 17.0 Å². The predicted octanol–water partition coefficient (Wildman–Crippen LogP) is 3.22. The van der Waals surface area contributed by atoms with Gasteiger partial charge in [-0.3, -0.25) is 0 Å². The molecule has 0 amide bonds. The smallest absolute Gasteiger partial charge is 0.0192 e. The molecule has 0 aromatic carbocycles. The van der Waals surface area contributed by atoms with Crippen molar-refractivity contribution in [2.24, 2.45) is 0 Å². The minimum atomic E-state index is 0.623. The van der Waals surface area contributed by atoms with Gasteiger partial charge in [0.05, 0.1) is 0 Å². The van der Waals surface area contributed by atoms with Crippen molar-refractivity contribution in [1.29, 1.82) is 0 Å². The molecule has 0 aromatic rings. The third-order valence-electron chi connectivity index (χ3n) is 2.84. The first-order valence-corrected chi connectivity index (χ1v) is 6.70. The van der Waals surface area contributed by atoms with Crippen LogP contribution in [0.25, 0.3) is 0 Å². The maximum absolute atomic E-state index is 3.97. The van der Waals surface area contributed by atoms with Crippen molar-refractivity contribution in [3.8, 4) is 0 Å². The van der Waals surface area contributed by atoms with Crippen LogP contribution in [0.1, 0.15) is 39.0 Å². The molecular formula is C12H23NS. The van der Waals surface area contributed by atoms with Gasteiger partial charge in [-0.05, 0) is 33.2 Å². The zero-order valence-electron chi connectivity index (χ0n) is 9.51. The molecule has 0 aromatic heterocycles. The van der Waals surface area contributed by atoms with Gasteiger partial charge < -0.3 is 5.32 Å². The van der Waals surface area contributed by atoms with E-state index in [4.69, 9.17) is 0 Å². The number of hydrogen-bond acceptors (Lipinski definition) is 2. The third-order valence-corrected chi connectivity index (χ3v) is 4.38. The Labute approximate surface area is 92.7 Å². The Bertz CT molecular complexity index is 173. The van der Waals surface area contributed by atoms with E-state index in [1.54, 1.807) is 0 Å². The van der Waals surface area contributed by atoms with Crippen molar-refractivity contribution in [3.63, 3.8) is 0 Å². The Morgan fingerprint density at radius 3 is 2.64 bits per heavy atom. The van der Waals surface area contributed by atoms with Crippen LogP contribution in [-0.2, 0) is 0 Å². The molecule has 1 fully saturated rings. The SMILES string of the molecule is C=C(C)CC(CSC1CCCC1)NC. The summed E-state index contributed by atoms with van der Waals surface area (Å²) >= 11 is 2.16. The number of nitrogens with one attached hydrogen (secondary N) is 1. The average Bonchev–Trinajstić information content (AvgIpc) is 2.64. The number of rotatable bonds is 6. The van der Waals surface area contributed by atoms with Gasteiger partial charge in [-0.15, -0.1) is 6.58 Å². The Morgan fingerprint density at radius 2 is 2.14 bits per heavy atom. The monoisotopic (exact) mass is 213 g/mol. The van der Waals surface area contributed by atoms with Crippen LogP contribution in [-0.4, -0.2) is 24.1 Å². The van der Waals surface area contributed by atoms with Crippen molar-refractivity contribution in [2.75, 3.05) is 12.8 Å². The van der Waals surface area contributed by atoms with Crippen molar-refractivity contribution in [2.45, 2.75) is 50.3 Å². The molecule has 1 unspecified atom stereocenters. The van der Waals surface area contributed by atoms with Gasteiger partial charge in [0.2, 0.25) is 0 Å². The predicted molar refractivity (Wildman–Crippen MR) is 67.0 cm³/mol. The van der Waals surface area contributed by atoms with Crippen LogP contribution in [0.4, 0.5) is 0 Å². The maximum Gasteiger partial charge on any atom is 0.0192 e. The second-order valence-corrected chi connectivity index (χ2v) is 5.72. The molecule has 82 valence electrons. The lowest BCUT2D eigenvalue weighted by Gasteiger charge is -2.18. The van der Waals surface area contributed by atoms with Crippen LogP contribution in [0.2, 0.25) is 0 Å². The summed E-state index contributed by atoms with van der Waals surface area (Å²) in [6.07, 6.45) is 6.89. The van der Waals surface area contributed by atoms with Gasteiger partial charge in [-0.2, -0.15) is 11.8 Å². The molecule has 1 N–H and O–H groups in total. The highest BCUT2D eigenvalue weighted by atomic mass is 32.2. The molecular weight excluding hydrogens is 190 g/mol. The van der Waals surface area contributed by atoms with Gasteiger partial charge in [0.1, 0.15) is 0 Å². The van der Waals surface area contributed by atoms with Gasteiger partial charge >= 0.3 is 0 Å². The molecule has 2 heteroatoms. The van der Waals surface area contributed by atoms with Crippen LogP contribution in [0.15, 0.2) is 12.2 Å². The summed E-state index contributed by atoms with van der Waals surface area (Å²) in [5, 5.41) is 4.32. The summed E-state index contributed by atoms with van der Waals surface area (Å²) in [5.41, 5.74) is 1.29. The topological polar surface area (TPSA) is 12.0 Å². The molecule has 0 radical (unpaired) electrons. The molecule has 1 rings (SSSR count). The standard InChI is InChI=1S/C12H23NS/c1-10(2)8-11(13-3)9-14-12-6-4-5-7-12/h11-13H,1,4-9H2,2-3H3. The zero-order valence-corrected chi connectivity index (χ0v) is 10.3. The number of hydrogen-bond donors (Lipinski definition) is 1. The molecule has 1 aliphatic carbocycles. The minimum absolute atomic E-state index is 0.623. The highest BCUT2D eigenvalue weighted by molar-refractivity contribution is 7.99. The molecule has 0 spiro atoms. The van der Waals surface area contributed by atoms with Crippen molar-refractivity contribution in [3.05, 3.63) is 12.2 Å². The van der Waals surface area contributed by atoms with Gasteiger partial charge in [0.15, 0.2) is 0 Å². The minimum Gasteiger partial charge on any atom is -0.316 e. The highest BCUT2D eigenvalue weighted by Gasteiger charge is 2.17. The Hall–Kier alpha value is 0.0500. The molecule has 0 heterocycles. The summed E-state index contributed by atoms with van der Waals surface area (Å²) in [7, 11) is 2.06. The van der Waals surface area contributed by atoms with E-state index < -0.39 is 0 Å². The van der Waals surface area contributed by atoms with Gasteiger partial charge in [0.25, 0.3) is 0 Å². The molecule has 1 aliphatic rings. The van der Waals surface area contributed by atoms with E-state index in [0.717, 1.165) is 11.7 Å². The Morgan fingerprint density at radius 1 is 1.50 bits per heavy atom. The molecule has 0 saturated heterocycles. The van der Waals surface area contributed by atoms with Crippen LogP contribution in [0.3, 0.4) is 0 Å². The molecule has 14 heavy (non-hydrogen) atoms. The Balaban J connectivity index is 2.15. The largest absolute Gasteiger partial charge is 0.316 e.